The molecule has 3 nitrogen and oxygen atoms in total. The van der Waals surface area contributed by atoms with Crippen LogP contribution in [0.3, 0.4) is 0 Å². The van der Waals surface area contributed by atoms with Crippen LogP contribution in [0, 0.1) is 0 Å². The van der Waals surface area contributed by atoms with Crippen molar-refractivity contribution in [2.45, 2.75) is 51.7 Å². The molecule has 104 valence electrons. The van der Waals surface area contributed by atoms with E-state index in [0.717, 1.165) is 31.6 Å². The maximum Gasteiger partial charge on any atom is 0.150 e. The Labute approximate surface area is 115 Å². The minimum absolute atomic E-state index is 0.101. The van der Waals surface area contributed by atoms with E-state index in [1.807, 2.05) is 38.1 Å². The number of ketones is 1. The van der Waals surface area contributed by atoms with Gasteiger partial charge in [-0.25, -0.2) is 0 Å². The maximum absolute atomic E-state index is 11.9. The first kappa shape index (κ1) is 14.1. The van der Waals surface area contributed by atoms with Crippen LogP contribution in [0.4, 0.5) is 0 Å². The van der Waals surface area contributed by atoms with Gasteiger partial charge in [0, 0.05) is 6.42 Å². The molecule has 1 aliphatic heterocycles. The van der Waals surface area contributed by atoms with Gasteiger partial charge >= 0.3 is 0 Å². The number of carbonyl (C=O) groups is 1. The molecular weight excluding hydrogens is 238 g/mol. The second kappa shape index (κ2) is 6.71. The zero-order valence-corrected chi connectivity index (χ0v) is 11.8. The molecule has 0 amide bonds. The summed E-state index contributed by atoms with van der Waals surface area (Å²) in [5, 5.41) is 3.25. The Bertz CT molecular complexity index is 405. The highest BCUT2D eigenvalue weighted by molar-refractivity contribution is 5.84. The minimum atomic E-state index is 0.101. The third-order valence-electron chi connectivity index (χ3n) is 3.40. The Morgan fingerprint density at radius 3 is 2.68 bits per heavy atom. The number of carbonyl (C=O) groups excluding carboxylic acids is 1. The van der Waals surface area contributed by atoms with Crippen LogP contribution in [-0.2, 0) is 11.2 Å². The Morgan fingerprint density at radius 2 is 2.11 bits per heavy atom. The van der Waals surface area contributed by atoms with Gasteiger partial charge in [0.2, 0.25) is 0 Å². The smallest absolute Gasteiger partial charge is 0.150 e. The Hall–Kier alpha value is -1.35. The van der Waals surface area contributed by atoms with E-state index in [1.54, 1.807) is 0 Å². The van der Waals surface area contributed by atoms with Crippen LogP contribution in [0.2, 0.25) is 0 Å². The Morgan fingerprint density at radius 1 is 1.37 bits per heavy atom. The number of rotatable bonds is 6. The van der Waals surface area contributed by atoms with Gasteiger partial charge in [0.1, 0.15) is 11.5 Å². The van der Waals surface area contributed by atoms with Gasteiger partial charge < -0.3 is 10.1 Å². The highest BCUT2D eigenvalue weighted by Crippen LogP contribution is 2.16. The lowest BCUT2D eigenvalue weighted by molar-refractivity contribution is -0.120. The molecule has 0 bridgehead atoms. The van der Waals surface area contributed by atoms with Gasteiger partial charge in [0.25, 0.3) is 0 Å². The molecule has 1 N–H and O–H groups in total. The summed E-state index contributed by atoms with van der Waals surface area (Å²) in [6, 6.07) is 8.16. The quantitative estimate of drug-likeness (QED) is 0.855. The average Bonchev–Trinajstić information content (AvgIpc) is 2.91. The second-order valence-electron chi connectivity index (χ2n) is 5.43. The maximum atomic E-state index is 11.9. The Balaban J connectivity index is 1.80. The zero-order valence-electron chi connectivity index (χ0n) is 11.8. The molecule has 0 spiro atoms. The average molecular weight is 261 g/mol. The van der Waals surface area contributed by atoms with Crippen molar-refractivity contribution in [2.24, 2.45) is 0 Å². The number of ether oxygens (including phenoxy) is 1. The number of nitrogens with one attached hydrogen (secondary N) is 1. The van der Waals surface area contributed by atoms with Crippen molar-refractivity contribution in [1.82, 2.24) is 5.32 Å². The van der Waals surface area contributed by atoms with E-state index in [0.29, 0.717) is 12.2 Å². The van der Waals surface area contributed by atoms with Crippen molar-refractivity contribution < 1.29 is 9.53 Å². The molecule has 1 aromatic rings. The molecule has 2 rings (SSSR count). The normalized spacial score (nSPS) is 18.8. The number of hydrogen-bond donors (Lipinski definition) is 1. The predicted octanol–water partition coefficient (Wildman–Crippen LogP) is 2.73. The third kappa shape index (κ3) is 4.35. The molecule has 1 atom stereocenters. The van der Waals surface area contributed by atoms with Crippen molar-refractivity contribution in [3.8, 4) is 5.75 Å². The lowest BCUT2D eigenvalue weighted by Gasteiger charge is -2.11. The fraction of sp³-hybridized carbons (Fsp3) is 0.562. The van der Waals surface area contributed by atoms with Crippen LogP contribution >= 0.6 is 0 Å². The van der Waals surface area contributed by atoms with E-state index in [9.17, 15) is 4.79 Å². The summed E-state index contributed by atoms with van der Waals surface area (Å²) >= 11 is 0. The summed E-state index contributed by atoms with van der Waals surface area (Å²) < 4.78 is 5.60. The van der Waals surface area contributed by atoms with Crippen LogP contribution in [-0.4, -0.2) is 24.5 Å². The first-order valence-corrected chi connectivity index (χ1v) is 7.17. The number of aryl methyl sites for hydroxylation is 1. The zero-order chi connectivity index (χ0) is 13.7. The summed E-state index contributed by atoms with van der Waals surface area (Å²) in [4.78, 5) is 11.9. The summed E-state index contributed by atoms with van der Waals surface area (Å²) in [7, 11) is 0. The van der Waals surface area contributed by atoms with Crippen LogP contribution < -0.4 is 10.1 Å². The summed E-state index contributed by atoms with van der Waals surface area (Å²) in [5.74, 6) is 1.24. The molecule has 1 aliphatic rings. The van der Waals surface area contributed by atoms with Gasteiger partial charge in [0.15, 0.2) is 0 Å². The van der Waals surface area contributed by atoms with Crippen molar-refractivity contribution in [1.29, 1.82) is 0 Å². The van der Waals surface area contributed by atoms with Gasteiger partial charge in [-0.2, -0.15) is 0 Å². The minimum Gasteiger partial charge on any atom is -0.491 e. The summed E-state index contributed by atoms with van der Waals surface area (Å²) in [6.45, 7) is 5.01. The fourth-order valence-electron chi connectivity index (χ4n) is 2.41. The molecule has 1 heterocycles. The highest BCUT2D eigenvalue weighted by Gasteiger charge is 2.21. The van der Waals surface area contributed by atoms with E-state index in [4.69, 9.17) is 4.74 Å². The standard InChI is InChI=1S/C16H23NO2/c1-12(2)19-14-8-5-13(6-9-14)7-10-16(18)15-4-3-11-17-15/h5-6,8-9,12,15,17H,3-4,7,10-11H2,1-2H3. The monoisotopic (exact) mass is 261 g/mol. The van der Waals surface area contributed by atoms with Crippen LogP contribution in [0.15, 0.2) is 24.3 Å². The molecule has 0 aliphatic carbocycles. The van der Waals surface area contributed by atoms with Crippen molar-refractivity contribution >= 4 is 5.78 Å². The van der Waals surface area contributed by atoms with Gasteiger partial charge in [0.05, 0.1) is 12.1 Å². The fourth-order valence-corrected chi connectivity index (χ4v) is 2.41. The van der Waals surface area contributed by atoms with Crippen LogP contribution in [0.5, 0.6) is 5.75 Å². The van der Waals surface area contributed by atoms with Gasteiger partial charge in [-0.3, -0.25) is 4.79 Å². The third-order valence-corrected chi connectivity index (χ3v) is 3.40. The highest BCUT2D eigenvalue weighted by atomic mass is 16.5. The number of Topliss-reactive ketones (excluding diaryl/α,β-unsaturated/α-hetero) is 1. The first-order chi connectivity index (χ1) is 9.15. The van der Waals surface area contributed by atoms with E-state index >= 15 is 0 Å². The lowest BCUT2D eigenvalue weighted by atomic mass is 10.0. The molecule has 1 aromatic carbocycles. The van der Waals surface area contributed by atoms with Crippen LogP contribution in [0.25, 0.3) is 0 Å². The second-order valence-corrected chi connectivity index (χ2v) is 5.43. The molecule has 3 heteroatoms. The topological polar surface area (TPSA) is 38.3 Å². The molecule has 19 heavy (non-hydrogen) atoms. The molecule has 0 aromatic heterocycles. The van der Waals surface area contributed by atoms with E-state index in [2.05, 4.69) is 5.32 Å². The van der Waals surface area contributed by atoms with Crippen molar-refractivity contribution in [3.63, 3.8) is 0 Å². The van der Waals surface area contributed by atoms with Crippen molar-refractivity contribution in [3.05, 3.63) is 29.8 Å². The van der Waals surface area contributed by atoms with Gasteiger partial charge in [-0.05, 0) is 57.4 Å². The van der Waals surface area contributed by atoms with Gasteiger partial charge in [-0.15, -0.1) is 0 Å². The van der Waals surface area contributed by atoms with E-state index in [-0.39, 0.29) is 12.1 Å². The van der Waals surface area contributed by atoms with E-state index in [1.165, 1.54) is 5.56 Å². The molecule has 0 saturated carbocycles. The largest absolute Gasteiger partial charge is 0.491 e. The lowest BCUT2D eigenvalue weighted by Crippen LogP contribution is -2.30. The van der Waals surface area contributed by atoms with Crippen LogP contribution in [0.1, 0.15) is 38.7 Å². The molecule has 0 radical (unpaired) electrons. The summed E-state index contributed by atoms with van der Waals surface area (Å²) in [6.07, 6.45) is 3.76. The molecular formula is C16H23NO2. The SMILES string of the molecule is CC(C)Oc1ccc(CCC(=O)C2CCCN2)cc1. The van der Waals surface area contributed by atoms with Crippen molar-refractivity contribution in [2.75, 3.05) is 6.54 Å². The molecule has 1 fully saturated rings. The first-order valence-electron chi connectivity index (χ1n) is 7.17. The van der Waals surface area contributed by atoms with Gasteiger partial charge in [-0.1, -0.05) is 12.1 Å². The number of hydrogen-bond acceptors (Lipinski definition) is 3. The molecule has 1 saturated heterocycles. The Kier molecular flexibility index (Phi) is 4.97. The van der Waals surface area contributed by atoms with E-state index < -0.39 is 0 Å². The number of benzene rings is 1. The summed E-state index contributed by atoms with van der Waals surface area (Å²) in [5.41, 5.74) is 1.20. The predicted molar refractivity (Wildman–Crippen MR) is 76.6 cm³/mol. The molecule has 1 unspecified atom stereocenters.